The van der Waals surface area contributed by atoms with Gasteiger partial charge in [0.25, 0.3) is 5.91 Å². The number of hydrogen-bond donors (Lipinski definition) is 2. The van der Waals surface area contributed by atoms with Gasteiger partial charge in [0, 0.05) is 0 Å². The van der Waals surface area contributed by atoms with E-state index in [4.69, 9.17) is 9.94 Å². The van der Waals surface area contributed by atoms with Crippen molar-refractivity contribution in [2.45, 2.75) is 6.17 Å². The molecule has 0 aromatic carbocycles. The highest BCUT2D eigenvalue weighted by Gasteiger charge is 2.38. The highest BCUT2D eigenvalue weighted by Crippen LogP contribution is 2.14. The van der Waals surface area contributed by atoms with E-state index in [1.54, 1.807) is 0 Å². The predicted molar refractivity (Wildman–Crippen MR) is 43.4 cm³/mol. The first-order chi connectivity index (χ1) is 6.72. The molecule has 2 N–H and O–H groups in total. The third kappa shape index (κ3) is 1.45. The van der Waals surface area contributed by atoms with Gasteiger partial charge in [0.2, 0.25) is 5.91 Å². The lowest BCUT2D eigenvalue weighted by Crippen LogP contribution is -2.66. The molecule has 2 aliphatic rings. The summed E-state index contributed by atoms with van der Waals surface area (Å²) < 4.78 is 0. The Labute approximate surface area is 80.2 Å². The van der Waals surface area contributed by atoms with E-state index in [1.165, 1.54) is 9.96 Å². The van der Waals surface area contributed by atoms with Crippen molar-refractivity contribution in [3.05, 3.63) is 0 Å². The second kappa shape index (κ2) is 3.52. The second-order valence-corrected chi connectivity index (χ2v) is 3.14. The Morgan fingerprint density at radius 3 is 3.07 bits per heavy atom. The molecular formula is C7H11N3O4. The van der Waals surface area contributed by atoms with Gasteiger partial charge in [0.1, 0.15) is 26.0 Å². The van der Waals surface area contributed by atoms with E-state index in [0.717, 1.165) is 0 Å². The number of carbonyl (C=O) groups is 2. The smallest absolute Gasteiger partial charge is 0.252 e. The van der Waals surface area contributed by atoms with Crippen molar-refractivity contribution in [2.24, 2.45) is 0 Å². The van der Waals surface area contributed by atoms with Crippen LogP contribution in [-0.4, -0.2) is 59.5 Å². The number of nitrogens with zero attached hydrogens (tertiary/aromatic N) is 2. The van der Waals surface area contributed by atoms with Gasteiger partial charge in [-0.15, -0.1) is 5.06 Å². The van der Waals surface area contributed by atoms with Crippen molar-refractivity contribution < 1.29 is 19.5 Å². The fraction of sp³-hybridized carbons (Fsp3) is 0.714. The molecule has 2 rings (SSSR count). The third-order valence-electron chi connectivity index (χ3n) is 2.30. The maximum absolute atomic E-state index is 11.3. The largest absolute Gasteiger partial charge is 0.379 e. The molecule has 14 heavy (non-hydrogen) atoms. The minimum atomic E-state index is -0.390. The molecule has 0 bridgehead atoms. The fourth-order valence-electron chi connectivity index (χ4n) is 1.59. The summed E-state index contributed by atoms with van der Waals surface area (Å²) in [6.45, 7) is -0.108. The summed E-state index contributed by atoms with van der Waals surface area (Å²) in [4.78, 5) is 28.8. The Hall–Kier alpha value is -1.18. The van der Waals surface area contributed by atoms with Gasteiger partial charge in [-0.3, -0.25) is 14.4 Å². The SMILES string of the molecule is O=C1CN2C(=O)CON(CO)C2CN1. The minimum Gasteiger partial charge on any atom is -0.379 e. The number of hydroxylamine groups is 2. The summed E-state index contributed by atoms with van der Waals surface area (Å²) in [6.07, 6.45) is -0.390. The first-order valence-electron chi connectivity index (χ1n) is 4.29. The molecule has 1 atom stereocenters. The highest BCUT2D eigenvalue weighted by atomic mass is 16.7. The molecule has 0 aromatic heterocycles. The maximum Gasteiger partial charge on any atom is 0.252 e. The van der Waals surface area contributed by atoms with Crippen LogP contribution in [0.2, 0.25) is 0 Å². The number of hydrogen-bond acceptors (Lipinski definition) is 5. The summed E-state index contributed by atoms with van der Waals surface area (Å²) in [5.74, 6) is -0.413. The molecule has 2 heterocycles. The molecule has 2 saturated heterocycles. The average molecular weight is 201 g/mol. The molecule has 0 saturated carbocycles. The lowest BCUT2D eigenvalue weighted by molar-refractivity contribution is -0.271. The van der Waals surface area contributed by atoms with E-state index < -0.39 is 0 Å². The van der Waals surface area contributed by atoms with Crippen molar-refractivity contribution in [3.63, 3.8) is 0 Å². The molecule has 2 fully saturated rings. The summed E-state index contributed by atoms with van der Waals surface area (Å²) >= 11 is 0. The van der Waals surface area contributed by atoms with Crippen LogP contribution in [0.4, 0.5) is 0 Å². The molecule has 2 amide bonds. The Bertz CT molecular complexity index is 270. The molecule has 0 aromatic rings. The maximum atomic E-state index is 11.3. The van der Waals surface area contributed by atoms with E-state index in [9.17, 15) is 9.59 Å². The van der Waals surface area contributed by atoms with Crippen LogP contribution in [0, 0.1) is 0 Å². The Morgan fingerprint density at radius 2 is 2.36 bits per heavy atom. The Balaban J connectivity index is 2.14. The van der Waals surface area contributed by atoms with Gasteiger partial charge in [0.15, 0.2) is 0 Å². The van der Waals surface area contributed by atoms with E-state index >= 15 is 0 Å². The number of carbonyl (C=O) groups excluding carboxylic acids is 2. The van der Waals surface area contributed by atoms with Gasteiger partial charge in [-0.25, -0.2) is 0 Å². The molecule has 2 aliphatic heterocycles. The molecular weight excluding hydrogens is 190 g/mol. The zero-order chi connectivity index (χ0) is 10.1. The number of nitrogens with one attached hydrogen (secondary N) is 1. The van der Waals surface area contributed by atoms with Gasteiger partial charge >= 0.3 is 0 Å². The van der Waals surface area contributed by atoms with Crippen LogP contribution < -0.4 is 5.32 Å². The molecule has 7 nitrogen and oxygen atoms in total. The first-order valence-corrected chi connectivity index (χ1v) is 4.29. The second-order valence-electron chi connectivity index (χ2n) is 3.14. The zero-order valence-corrected chi connectivity index (χ0v) is 7.47. The normalized spacial score (nSPS) is 28.6. The molecule has 7 heteroatoms. The van der Waals surface area contributed by atoms with Gasteiger partial charge < -0.3 is 15.3 Å². The monoisotopic (exact) mass is 201 g/mol. The minimum absolute atomic E-state index is 0.0311. The summed E-state index contributed by atoms with van der Waals surface area (Å²) in [5, 5.41) is 12.8. The van der Waals surface area contributed by atoms with Crippen molar-refractivity contribution in [1.29, 1.82) is 0 Å². The molecule has 0 aliphatic carbocycles. The van der Waals surface area contributed by atoms with Crippen LogP contribution in [0.15, 0.2) is 0 Å². The number of aliphatic hydroxyl groups excluding tert-OH is 1. The predicted octanol–water partition coefficient (Wildman–Crippen LogP) is -2.53. The van der Waals surface area contributed by atoms with Crippen molar-refractivity contribution in [2.75, 3.05) is 26.4 Å². The quantitative estimate of drug-likeness (QED) is 0.489. The number of fused-ring (bicyclic) bond motifs is 1. The fourth-order valence-corrected chi connectivity index (χ4v) is 1.59. The van der Waals surface area contributed by atoms with E-state index in [2.05, 4.69) is 5.32 Å². The third-order valence-corrected chi connectivity index (χ3v) is 2.30. The van der Waals surface area contributed by atoms with Crippen LogP contribution in [0.25, 0.3) is 0 Å². The number of rotatable bonds is 1. The first kappa shape index (κ1) is 9.38. The van der Waals surface area contributed by atoms with Gasteiger partial charge in [-0.1, -0.05) is 0 Å². The molecule has 0 spiro atoms. The lowest BCUT2D eigenvalue weighted by Gasteiger charge is -2.43. The highest BCUT2D eigenvalue weighted by molar-refractivity contribution is 5.87. The van der Waals surface area contributed by atoms with Crippen LogP contribution in [-0.2, 0) is 14.4 Å². The summed E-state index contributed by atoms with van der Waals surface area (Å²) in [5.41, 5.74) is 0. The van der Waals surface area contributed by atoms with Gasteiger partial charge in [-0.2, -0.15) is 0 Å². The Morgan fingerprint density at radius 1 is 1.57 bits per heavy atom. The summed E-state index contributed by atoms with van der Waals surface area (Å²) in [7, 11) is 0. The van der Waals surface area contributed by atoms with Crippen LogP contribution >= 0.6 is 0 Å². The van der Waals surface area contributed by atoms with Gasteiger partial charge in [-0.05, 0) is 0 Å². The average Bonchev–Trinajstić information content (AvgIpc) is 2.19. The molecule has 78 valence electrons. The number of piperazine rings is 1. The Kier molecular flexibility index (Phi) is 2.36. The summed E-state index contributed by atoms with van der Waals surface area (Å²) in [6, 6.07) is 0. The standard InChI is InChI=1S/C7H11N3O4/c11-4-10-6-1-8-5(12)2-9(6)7(13)3-14-10/h6,11H,1-4H2,(H,8,12). The van der Waals surface area contributed by atoms with Gasteiger partial charge in [0.05, 0.1) is 6.54 Å². The topological polar surface area (TPSA) is 82.1 Å². The zero-order valence-electron chi connectivity index (χ0n) is 7.47. The number of aliphatic hydroxyl groups is 1. The van der Waals surface area contributed by atoms with Crippen molar-refractivity contribution in [3.8, 4) is 0 Å². The molecule has 1 unspecified atom stereocenters. The van der Waals surface area contributed by atoms with E-state index in [0.29, 0.717) is 0 Å². The lowest BCUT2D eigenvalue weighted by atomic mass is 10.2. The van der Waals surface area contributed by atoms with Crippen LogP contribution in [0.1, 0.15) is 0 Å². The van der Waals surface area contributed by atoms with Crippen molar-refractivity contribution in [1.82, 2.24) is 15.3 Å². The van der Waals surface area contributed by atoms with E-state index in [-0.39, 0.29) is 44.4 Å². The number of amides is 2. The van der Waals surface area contributed by atoms with E-state index in [1.807, 2.05) is 0 Å². The van der Waals surface area contributed by atoms with Crippen LogP contribution in [0.3, 0.4) is 0 Å². The molecule has 0 radical (unpaired) electrons. The van der Waals surface area contributed by atoms with Crippen LogP contribution in [0.5, 0.6) is 0 Å². The van der Waals surface area contributed by atoms with Crippen molar-refractivity contribution >= 4 is 11.8 Å².